The molecule has 0 aliphatic heterocycles. The number of nitrogens with zero attached hydrogens (tertiary/aromatic N) is 3. The van der Waals surface area contributed by atoms with Gasteiger partial charge in [-0.1, -0.05) is 29.4 Å². The van der Waals surface area contributed by atoms with Crippen LogP contribution in [0, 0.1) is 11.6 Å². The van der Waals surface area contributed by atoms with E-state index in [-0.39, 0.29) is 52.4 Å². The summed E-state index contributed by atoms with van der Waals surface area (Å²) >= 11 is 0. The minimum absolute atomic E-state index is 0.0628. The molecule has 1 aliphatic carbocycles. The third-order valence-electron chi connectivity index (χ3n) is 6.33. The first-order valence-corrected chi connectivity index (χ1v) is 11.2. The van der Waals surface area contributed by atoms with Crippen molar-refractivity contribution >= 4 is 5.91 Å². The van der Waals surface area contributed by atoms with Crippen molar-refractivity contribution in [3.05, 3.63) is 101 Å². The van der Waals surface area contributed by atoms with Crippen LogP contribution in [0.4, 0.5) is 8.78 Å². The molecular weight excluding hydrogens is 470 g/mol. The average Bonchev–Trinajstić information content (AvgIpc) is 3.41. The van der Waals surface area contributed by atoms with Crippen LogP contribution >= 0.6 is 0 Å². The monoisotopic (exact) mass is 492 g/mol. The number of pyridine rings is 1. The Kier molecular flexibility index (Phi) is 6.09. The first-order valence-electron chi connectivity index (χ1n) is 11.2. The number of rotatable bonds is 7. The lowest BCUT2D eigenvalue weighted by atomic mass is 10.0. The van der Waals surface area contributed by atoms with Gasteiger partial charge in [-0.25, -0.2) is 13.8 Å². The Bertz CT molecular complexity index is 1340. The van der Waals surface area contributed by atoms with Crippen molar-refractivity contribution in [2.24, 2.45) is 0 Å². The van der Waals surface area contributed by atoms with Crippen molar-refractivity contribution in [1.82, 2.24) is 20.4 Å². The number of methoxy groups -OCH3 is 1. The normalized spacial score (nSPS) is 19.5. The van der Waals surface area contributed by atoms with Crippen LogP contribution in [-0.2, 0) is 0 Å². The molecule has 2 N–H and O–H groups in total. The molecule has 0 bridgehead atoms. The molecule has 0 spiro atoms. The SMILES string of the molecule is COc1ccnc(C(=O)N[C@@H](C)c2noc(C3C(c4ccc(F)cc4)C3c3ccc(F)cc3)n2)c1O. The number of benzene rings is 2. The number of hydrogen-bond donors (Lipinski definition) is 2. The van der Waals surface area contributed by atoms with E-state index in [1.807, 2.05) is 0 Å². The number of amides is 1. The van der Waals surface area contributed by atoms with Crippen LogP contribution in [0.15, 0.2) is 65.3 Å². The van der Waals surface area contributed by atoms with Gasteiger partial charge in [-0.3, -0.25) is 4.79 Å². The number of hydrogen-bond acceptors (Lipinski definition) is 7. The summed E-state index contributed by atoms with van der Waals surface area (Å²) in [6, 6.07) is 13.2. The maximum absolute atomic E-state index is 13.5. The molecule has 0 radical (unpaired) electrons. The topological polar surface area (TPSA) is 110 Å². The van der Waals surface area contributed by atoms with Crippen LogP contribution in [-0.4, -0.2) is 33.2 Å². The van der Waals surface area contributed by atoms with Gasteiger partial charge in [-0.15, -0.1) is 0 Å². The second-order valence-corrected chi connectivity index (χ2v) is 8.58. The van der Waals surface area contributed by atoms with Crippen LogP contribution in [0.5, 0.6) is 11.5 Å². The number of carbonyl (C=O) groups excluding carboxylic acids is 1. The van der Waals surface area contributed by atoms with Gasteiger partial charge in [0.2, 0.25) is 5.89 Å². The number of carbonyl (C=O) groups is 1. The zero-order valence-electron chi connectivity index (χ0n) is 19.4. The number of aromatic nitrogens is 3. The van der Waals surface area contributed by atoms with Gasteiger partial charge in [0.25, 0.3) is 5.91 Å². The number of aromatic hydroxyl groups is 1. The first kappa shape index (κ1) is 23.4. The Morgan fingerprint density at radius 3 is 2.14 bits per heavy atom. The summed E-state index contributed by atoms with van der Waals surface area (Å²) in [6.07, 6.45) is 1.35. The van der Waals surface area contributed by atoms with Gasteiger partial charge in [0.15, 0.2) is 23.0 Å². The molecule has 1 fully saturated rings. The summed E-state index contributed by atoms with van der Waals surface area (Å²) in [5.41, 5.74) is 1.60. The van der Waals surface area contributed by atoms with Gasteiger partial charge in [-0.2, -0.15) is 4.98 Å². The highest BCUT2D eigenvalue weighted by Crippen LogP contribution is 2.65. The van der Waals surface area contributed by atoms with Crippen molar-refractivity contribution < 1.29 is 27.9 Å². The molecule has 3 atom stereocenters. The van der Waals surface area contributed by atoms with Crippen molar-refractivity contribution in [3.63, 3.8) is 0 Å². The van der Waals surface area contributed by atoms with E-state index >= 15 is 0 Å². The summed E-state index contributed by atoms with van der Waals surface area (Å²) in [7, 11) is 1.37. The molecule has 1 saturated carbocycles. The molecule has 0 saturated heterocycles. The predicted octanol–water partition coefficient (Wildman–Crippen LogP) is 4.61. The van der Waals surface area contributed by atoms with E-state index < -0.39 is 11.9 Å². The molecule has 8 nitrogen and oxygen atoms in total. The molecule has 4 aromatic rings. The highest BCUT2D eigenvalue weighted by molar-refractivity contribution is 5.95. The molecule has 2 heterocycles. The van der Waals surface area contributed by atoms with Gasteiger partial charge in [0.1, 0.15) is 11.6 Å². The molecule has 184 valence electrons. The summed E-state index contributed by atoms with van der Waals surface area (Å²) in [6.45, 7) is 1.67. The summed E-state index contributed by atoms with van der Waals surface area (Å²) < 4.78 is 37.6. The third-order valence-corrected chi connectivity index (χ3v) is 6.33. The van der Waals surface area contributed by atoms with E-state index in [1.54, 1.807) is 31.2 Å². The summed E-state index contributed by atoms with van der Waals surface area (Å²) in [4.78, 5) is 21.1. The molecule has 1 amide bonds. The lowest BCUT2D eigenvalue weighted by Crippen LogP contribution is -2.28. The van der Waals surface area contributed by atoms with E-state index in [0.717, 1.165) is 11.1 Å². The quantitative estimate of drug-likeness (QED) is 0.388. The molecule has 10 heteroatoms. The second kappa shape index (κ2) is 9.37. The predicted molar refractivity (Wildman–Crippen MR) is 124 cm³/mol. The largest absolute Gasteiger partial charge is 0.503 e. The zero-order chi connectivity index (χ0) is 25.4. The van der Waals surface area contributed by atoms with Crippen molar-refractivity contribution in [2.75, 3.05) is 7.11 Å². The van der Waals surface area contributed by atoms with Gasteiger partial charge in [0, 0.05) is 24.1 Å². The molecular formula is C26H22F2N4O4. The lowest BCUT2D eigenvalue weighted by Gasteiger charge is -2.11. The van der Waals surface area contributed by atoms with E-state index in [1.165, 1.54) is 43.6 Å². The van der Waals surface area contributed by atoms with Gasteiger partial charge < -0.3 is 19.7 Å². The minimum atomic E-state index is -0.658. The number of nitrogens with one attached hydrogen (secondary N) is 1. The van der Waals surface area contributed by atoms with Crippen molar-refractivity contribution in [2.45, 2.75) is 30.7 Å². The maximum Gasteiger partial charge on any atom is 0.274 e. The number of halogens is 2. The van der Waals surface area contributed by atoms with Crippen molar-refractivity contribution in [3.8, 4) is 11.5 Å². The van der Waals surface area contributed by atoms with Crippen LogP contribution in [0.1, 0.15) is 64.0 Å². The third kappa shape index (κ3) is 4.37. The van der Waals surface area contributed by atoms with E-state index in [4.69, 9.17) is 9.26 Å². The molecule has 2 aromatic heterocycles. The highest BCUT2D eigenvalue weighted by Gasteiger charge is 2.55. The Balaban J connectivity index is 1.37. The van der Waals surface area contributed by atoms with Gasteiger partial charge >= 0.3 is 0 Å². The highest BCUT2D eigenvalue weighted by atomic mass is 19.1. The standard InChI is InChI=1S/C26H22F2N4O4/c1-13(30-25(34)22-23(33)18(35-2)11-12-29-22)24-31-26(36-32-24)21-19(14-3-7-16(27)8-4-14)20(21)15-5-9-17(28)10-6-15/h3-13,19-21,33H,1-2H3,(H,30,34)/t13-,19?,20?,21?/m0/s1. The molecule has 1 aliphatic rings. The van der Waals surface area contributed by atoms with E-state index in [0.29, 0.717) is 5.89 Å². The Morgan fingerprint density at radius 2 is 1.58 bits per heavy atom. The summed E-state index contributed by atoms with van der Waals surface area (Å²) in [5, 5.41) is 16.9. The Labute approximate surface area is 205 Å². The van der Waals surface area contributed by atoms with E-state index in [9.17, 15) is 18.7 Å². The van der Waals surface area contributed by atoms with Crippen molar-refractivity contribution in [1.29, 1.82) is 0 Å². The molecule has 2 aromatic carbocycles. The van der Waals surface area contributed by atoms with E-state index in [2.05, 4.69) is 20.4 Å². The Morgan fingerprint density at radius 1 is 1.00 bits per heavy atom. The first-order chi connectivity index (χ1) is 17.4. The summed E-state index contributed by atoms with van der Waals surface area (Å²) in [5.74, 6) is -1.29. The van der Waals surface area contributed by atoms with Gasteiger partial charge in [0.05, 0.1) is 19.1 Å². The fourth-order valence-corrected chi connectivity index (χ4v) is 4.47. The fourth-order valence-electron chi connectivity index (χ4n) is 4.47. The Hall–Kier alpha value is -4.34. The fraction of sp³-hybridized carbons (Fsp3) is 0.231. The number of ether oxygens (including phenoxy) is 1. The molecule has 2 unspecified atom stereocenters. The van der Waals surface area contributed by atoms with Gasteiger partial charge in [-0.05, 0) is 42.3 Å². The van der Waals surface area contributed by atoms with Crippen LogP contribution in [0.25, 0.3) is 0 Å². The van der Waals surface area contributed by atoms with Crippen LogP contribution in [0.2, 0.25) is 0 Å². The second-order valence-electron chi connectivity index (χ2n) is 8.58. The molecule has 36 heavy (non-hydrogen) atoms. The molecule has 5 rings (SSSR count). The smallest absolute Gasteiger partial charge is 0.274 e. The zero-order valence-corrected chi connectivity index (χ0v) is 19.4. The van der Waals surface area contributed by atoms with Crippen LogP contribution < -0.4 is 10.1 Å². The minimum Gasteiger partial charge on any atom is -0.503 e. The van der Waals surface area contributed by atoms with Crippen LogP contribution in [0.3, 0.4) is 0 Å². The average molecular weight is 492 g/mol. The lowest BCUT2D eigenvalue weighted by molar-refractivity contribution is 0.0929. The maximum atomic E-state index is 13.5.